The van der Waals surface area contributed by atoms with E-state index in [0.717, 1.165) is 0 Å². The minimum Gasteiger partial charge on any atom is -0.267 e. The van der Waals surface area contributed by atoms with Gasteiger partial charge in [0.25, 0.3) is 0 Å². The summed E-state index contributed by atoms with van der Waals surface area (Å²) in [5.41, 5.74) is -2.88. The first-order valence-electron chi connectivity index (χ1n) is 5.62. The molecule has 0 fully saturated rings. The monoisotopic (exact) mass is 428 g/mol. The number of halogens is 6. The molecule has 0 aromatic carbocycles. The fourth-order valence-corrected chi connectivity index (χ4v) is 4.35. The van der Waals surface area contributed by atoms with Gasteiger partial charge in [-0.1, -0.05) is 34.8 Å². The highest BCUT2D eigenvalue weighted by molar-refractivity contribution is 7.48. The van der Waals surface area contributed by atoms with Crippen molar-refractivity contribution < 1.29 is 18.1 Å². The molecule has 11 heteroatoms. The van der Waals surface area contributed by atoms with Gasteiger partial charge in [0.05, 0.1) is 0 Å². The molecule has 0 amide bonds. The number of hydrogen-bond acceptors (Lipinski definition) is 4. The first kappa shape index (κ1) is 21.9. The van der Waals surface area contributed by atoms with E-state index in [4.69, 9.17) is 83.2 Å². The topological polar surface area (TPSA) is 44.8 Å². The quantitative estimate of drug-likeness (QED) is 0.293. The Morgan fingerprint density at radius 1 is 0.700 bits per heavy atom. The number of hydrogen-bond donors (Lipinski definition) is 0. The second-order valence-corrected chi connectivity index (χ2v) is 7.55. The van der Waals surface area contributed by atoms with E-state index >= 15 is 0 Å². The highest BCUT2D eigenvalue weighted by Gasteiger charge is 2.35. The fraction of sp³-hybridized carbons (Fsp3) is 1.00. The number of phosphoric ester groups is 1. The lowest BCUT2D eigenvalue weighted by Gasteiger charge is -2.24. The van der Waals surface area contributed by atoms with E-state index in [1.165, 1.54) is 0 Å². The molecule has 0 aliphatic carbocycles. The van der Waals surface area contributed by atoms with Gasteiger partial charge in [0.15, 0.2) is 0 Å². The van der Waals surface area contributed by atoms with E-state index < -0.39 is 24.5 Å². The van der Waals surface area contributed by atoms with Crippen LogP contribution < -0.4 is 0 Å². The fourth-order valence-electron chi connectivity index (χ4n) is 0.910. The highest BCUT2D eigenvalue weighted by atomic mass is 35.5. The summed E-state index contributed by atoms with van der Waals surface area (Å²) in [6, 6.07) is 0. The molecule has 0 rings (SSSR count). The van der Waals surface area contributed by atoms with Crippen molar-refractivity contribution in [3.8, 4) is 0 Å². The standard InChI is InChI=1S/C9H15Cl6O4P/c10-4-1-7(13)17-20(16,18-8(14)2-5-11)19-9(15)3-6-12/h7-9H,1-6H2/t7-,8-,9-/m0/s1. The molecule has 122 valence electrons. The summed E-state index contributed by atoms with van der Waals surface area (Å²) >= 11 is 34.0. The molecule has 0 N–H and O–H groups in total. The van der Waals surface area contributed by atoms with Crippen molar-refractivity contribution in [2.75, 3.05) is 17.6 Å². The van der Waals surface area contributed by atoms with E-state index in [0.29, 0.717) is 0 Å². The summed E-state index contributed by atoms with van der Waals surface area (Å²) in [5.74, 6) is 0.643. The summed E-state index contributed by atoms with van der Waals surface area (Å²) in [5, 5.41) is 0. The van der Waals surface area contributed by atoms with Crippen LogP contribution in [0, 0.1) is 0 Å². The maximum atomic E-state index is 12.4. The zero-order chi connectivity index (χ0) is 15.6. The molecular weight excluding hydrogens is 416 g/mol. The highest BCUT2D eigenvalue weighted by Crippen LogP contribution is 2.55. The van der Waals surface area contributed by atoms with Crippen LogP contribution in [-0.4, -0.2) is 34.3 Å². The lowest BCUT2D eigenvalue weighted by atomic mass is 10.5. The molecule has 3 atom stereocenters. The Morgan fingerprint density at radius 3 is 1.15 bits per heavy atom. The molecule has 0 saturated carbocycles. The van der Waals surface area contributed by atoms with Gasteiger partial charge in [0.2, 0.25) is 0 Å². The lowest BCUT2D eigenvalue weighted by molar-refractivity contribution is 0.0833. The third kappa shape index (κ3) is 10.6. The van der Waals surface area contributed by atoms with E-state index in [1.54, 1.807) is 0 Å². The van der Waals surface area contributed by atoms with Crippen molar-refractivity contribution in [1.82, 2.24) is 0 Å². The lowest BCUT2D eigenvalue weighted by Crippen LogP contribution is -2.15. The molecule has 0 aliphatic heterocycles. The number of phosphoric acid groups is 1. The average Bonchev–Trinajstić information content (AvgIpc) is 2.28. The first-order valence-corrected chi connectivity index (χ1v) is 9.99. The normalized spacial score (nSPS) is 16.9. The molecule has 0 heterocycles. The largest absolute Gasteiger partial charge is 0.479 e. The Balaban J connectivity index is 4.69. The van der Waals surface area contributed by atoms with Crippen molar-refractivity contribution in [1.29, 1.82) is 0 Å². The van der Waals surface area contributed by atoms with Crippen LogP contribution in [0.2, 0.25) is 0 Å². The molecule has 0 radical (unpaired) electrons. The third-order valence-corrected chi connectivity index (χ3v) is 5.23. The zero-order valence-electron chi connectivity index (χ0n) is 10.3. The Bertz CT molecular complexity index is 255. The maximum Gasteiger partial charge on any atom is 0.479 e. The van der Waals surface area contributed by atoms with E-state index in [1.807, 2.05) is 0 Å². The summed E-state index contributed by atoms with van der Waals surface area (Å²) in [7, 11) is -4.05. The molecule has 0 saturated heterocycles. The van der Waals surface area contributed by atoms with Crippen LogP contribution in [0.25, 0.3) is 0 Å². The Kier molecular flexibility index (Phi) is 13.4. The summed E-state index contributed by atoms with van der Waals surface area (Å²) in [6.07, 6.45) is 0.722. The van der Waals surface area contributed by atoms with Crippen LogP contribution in [0.1, 0.15) is 19.3 Å². The van der Waals surface area contributed by atoms with Crippen molar-refractivity contribution in [3.63, 3.8) is 0 Å². The van der Waals surface area contributed by atoms with Gasteiger partial charge < -0.3 is 0 Å². The summed E-state index contributed by atoms with van der Waals surface area (Å²) in [6.45, 7) is 0. The smallest absolute Gasteiger partial charge is 0.267 e. The minimum absolute atomic E-state index is 0.214. The van der Waals surface area contributed by atoms with Crippen LogP contribution in [0.5, 0.6) is 0 Å². The van der Waals surface area contributed by atoms with Crippen LogP contribution in [0.4, 0.5) is 0 Å². The molecule has 0 bridgehead atoms. The molecule has 0 aromatic heterocycles. The van der Waals surface area contributed by atoms with E-state index in [-0.39, 0.29) is 36.9 Å². The third-order valence-electron chi connectivity index (χ3n) is 1.74. The first-order chi connectivity index (χ1) is 9.36. The second-order valence-electron chi connectivity index (χ2n) is 3.43. The van der Waals surface area contributed by atoms with Gasteiger partial charge >= 0.3 is 7.82 Å². The van der Waals surface area contributed by atoms with Crippen molar-refractivity contribution in [3.05, 3.63) is 0 Å². The zero-order valence-corrected chi connectivity index (χ0v) is 15.8. The minimum atomic E-state index is -4.05. The van der Waals surface area contributed by atoms with Gasteiger partial charge in [-0.2, -0.15) is 0 Å². The molecule has 0 aliphatic rings. The van der Waals surface area contributed by atoms with Crippen molar-refractivity contribution in [2.24, 2.45) is 0 Å². The second kappa shape index (κ2) is 12.3. The molecule has 20 heavy (non-hydrogen) atoms. The molecular formula is C9H15Cl6O4P. The van der Waals surface area contributed by atoms with Gasteiger partial charge in [0, 0.05) is 36.9 Å². The summed E-state index contributed by atoms with van der Waals surface area (Å²) in [4.78, 5) is 0. The molecule has 0 spiro atoms. The van der Waals surface area contributed by atoms with Crippen LogP contribution in [-0.2, 0) is 18.1 Å². The SMILES string of the molecule is O=P(O[C@H](Cl)CCCl)(O[C@H](Cl)CCCl)O[C@H](Cl)CCCl. The van der Waals surface area contributed by atoms with Crippen LogP contribution in [0.3, 0.4) is 0 Å². The van der Waals surface area contributed by atoms with Crippen molar-refractivity contribution >= 4 is 77.4 Å². The average molecular weight is 431 g/mol. The van der Waals surface area contributed by atoms with E-state index in [2.05, 4.69) is 0 Å². The predicted molar refractivity (Wildman–Crippen MR) is 85.8 cm³/mol. The number of alkyl halides is 6. The van der Waals surface area contributed by atoms with Gasteiger partial charge in [-0.25, -0.2) is 4.57 Å². The van der Waals surface area contributed by atoms with Crippen LogP contribution >= 0.6 is 77.4 Å². The predicted octanol–water partition coefficient (Wildman–Crippen LogP) is 5.73. The molecule has 0 aromatic rings. The Hall–Kier alpha value is 1.85. The van der Waals surface area contributed by atoms with Gasteiger partial charge in [-0.15, -0.1) is 34.8 Å². The van der Waals surface area contributed by atoms with Gasteiger partial charge in [-0.3, -0.25) is 13.6 Å². The van der Waals surface area contributed by atoms with E-state index in [9.17, 15) is 4.57 Å². The molecule has 4 nitrogen and oxygen atoms in total. The Labute approximate surface area is 148 Å². The van der Waals surface area contributed by atoms with Gasteiger partial charge in [-0.05, 0) is 0 Å². The van der Waals surface area contributed by atoms with Gasteiger partial charge in [0.1, 0.15) is 16.7 Å². The van der Waals surface area contributed by atoms with Crippen LogP contribution in [0.15, 0.2) is 0 Å². The molecule has 0 unspecified atom stereocenters. The maximum absolute atomic E-state index is 12.4. The number of rotatable bonds is 12. The summed E-state index contributed by atoms with van der Waals surface area (Å²) < 4.78 is 27.6. The Morgan fingerprint density at radius 2 is 0.950 bits per heavy atom. The van der Waals surface area contributed by atoms with Crippen molar-refractivity contribution in [2.45, 2.75) is 36.0 Å².